The maximum atomic E-state index is 12.5. The minimum atomic E-state index is -0.329. The van der Waals surface area contributed by atoms with Crippen LogP contribution >= 0.6 is 0 Å². The molecule has 0 saturated heterocycles. The van der Waals surface area contributed by atoms with Gasteiger partial charge in [0.1, 0.15) is 5.82 Å². The van der Waals surface area contributed by atoms with Crippen LogP contribution in [0.2, 0.25) is 0 Å². The summed E-state index contributed by atoms with van der Waals surface area (Å²) in [7, 11) is 0. The summed E-state index contributed by atoms with van der Waals surface area (Å²) in [5, 5.41) is 3.75. The molecule has 28 heavy (non-hydrogen) atoms. The molecule has 0 aliphatic carbocycles. The van der Waals surface area contributed by atoms with E-state index in [1.165, 1.54) is 0 Å². The summed E-state index contributed by atoms with van der Waals surface area (Å²) in [4.78, 5) is 40.4. The molecular formula is C21H17N5O2. The predicted octanol–water partition coefficient (Wildman–Crippen LogP) is 2.87. The van der Waals surface area contributed by atoms with E-state index in [1.54, 1.807) is 37.6 Å². The summed E-state index contributed by atoms with van der Waals surface area (Å²) >= 11 is 0. The Morgan fingerprint density at radius 1 is 1.14 bits per heavy atom. The number of fused-ring (bicyclic) bond motifs is 1. The zero-order valence-electron chi connectivity index (χ0n) is 15.1. The fourth-order valence-corrected chi connectivity index (χ4v) is 2.98. The summed E-state index contributed by atoms with van der Waals surface area (Å²) in [6, 6.07) is 12.8. The van der Waals surface area contributed by atoms with Crippen LogP contribution in [-0.4, -0.2) is 25.8 Å². The molecule has 7 nitrogen and oxygen atoms in total. The van der Waals surface area contributed by atoms with E-state index >= 15 is 0 Å². The van der Waals surface area contributed by atoms with E-state index in [9.17, 15) is 9.59 Å². The van der Waals surface area contributed by atoms with Crippen LogP contribution in [0.25, 0.3) is 22.3 Å². The van der Waals surface area contributed by atoms with Crippen LogP contribution in [-0.2, 0) is 11.2 Å². The number of rotatable bonds is 4. The molecule has 4 aromatic rings. The summed E-state index contributed by atoms with van der Waals surface area (Å²) in [5.74, 6) is 0.148. The van der Waals surface area contributed by atoms with Gasteiger partial charge in [0.15, 0.2) is 0 Å². The zero-order chi connectivity index (χ0) is 19.5. The van der Waals surface area contributed by atoms with E-state index < -0.39 is 0 Å². The van der Waals surface area contributed by atoms with Crippen molar-refractivity contribution < 1.29 is 4.79 Å². The van der Waals surface area contributed by atoms with E-state index in [0.717, 1.165) is 10.9 Å². The van der Waals surface area contributed by atoms with Crippen LogP contribution in [0.1, 0.15) is 11.3 Å². The molecule has 0 spiro atoms. The summed E-state index contributed by atoms with van der Waals surface area (Å²) in [6.45, 7) is 1.72. The van der Waals surface area contributed by atoms with Crippen molar-refractivity contribution >= 4 is 22.5 Å². The first-order valence-corrected chi connectivity index (χ1v) is 8.75. The molecule has 4 rings (SSSR count). The van der Waals surface area contributed by atoms with Gasteiger partial charge in [0.2, 0.25) is 5.91 Å². The van der Waals surface area contributed by atoms with Gasteiger partial charge in [-0.1, -0.05) is 6.07 Å². The van der Waals surface area contributed by atoms with E-state index in [1.807, 2.05) is 30.3 Å². The highest BCUT2D eigenvalue weighted by Gasteiger charge is 2.14. The van der Waals surface area contributed by atoms with Crippen molar-refractivity contribution in [2.45, 2.75) is 13.3 Å². The molecule has 0 saturated carbocycles. The standard InChI is InChI=1S/C21H17N5O2/c1-13-17(21(28)26-20(24-13)15-5-2-8-22-12-15)11-19(27)25-16-6-7-18-14(10-16)4-3-9-23-18/h2-10,12H,11H2,1H3,(H,25,27)(H,24,26,28). The van der Waals surface area contributed by atoms with Crippen molar-refractivity contribution in [3.05, 3.63) is 82.7 Å². The number of amides is 1. The number of H-pyrrole nitrogens is 1. The normalized spacial score (nSPS) is 10.8. The lowest BCUT2D eigenvalue weighted by Crippen LogP contribution is -2.23. The summed E-state index contributed by atoms with van der Waals surface area (Å²) < 4.78 is 0. The highest BCUT2D eigenvalue weighted by molar-refractivity contribution is 5.94. The van der Waals surface area contributed by atoms with Crippen molar-refractivity contribution in [2.24, 2.45) is 0 Å². The Labute approximate surface area is 160 Å². The van der Waals surface area contributed by atoms with Gasteiger partial charge >= 0.3 is 0 Å². The maximum Gasteiger partial charge on any atom is 0.255 e. The number of nitrogens with zero attached hydrogens (tertiary/aromatic N) is 3. The van der Waals surface area contributed by atoms with Gasteiger partial charge in [-0.15, -0.1) is 0 Å². The number of pyridine rings is 2. The van der Waals surface area contributed by atoms with Crippen LogP contribution in [0.5, 0.6) is 0 Å². The average Bonchev–Trinajstić information content (AvgIpc) is 2.71. The highest BCUT2D eigenvalue weighted by Crippen LogP contribution is 2.17. The minimum absolute atomic E-state index is 0.0629. The van der Waals surface area contributed by atoms with Gasteiger partial charge in [0.25, 0.3) is 5.56 Å². The molecule has 0 bridgehead atoms. The van der Waals surface area contributed by atoms with Crippen LogP contribution in [0.4, 0.5) is 5.69 Å². The van der Waals surface area contributed by atoms with Gasteiger partial charge in [-0.25, -0.2) is 4.98 Å². The molecule has 0 unspecified atom stereocenters. The van der Waals surface area contributed by atoms with E-state index in [2.05, 4.69) is 25.3 Å². The molecule has 138 valence electrons. The molecule has 0 radical (unpaired) electrons. The lowest BCUT2D eigenvalue weighted by atomic mass is 10.1. The Hall–Kier alpha value is -3.87. The van der Waals surface area contributed by atoms with Gasteiger partial charge in [0, 0.05) is 46.5 Å². The van der Waals surface area contributed by atoms with E-state index in [-0.39, 0.29) is 17.9 Å². The van der Waals surface area contributed by atoms with Gasteiger partial charge in [0.05, 0.1) is 11.9 Å². The molecule has 0 aliphatic heterocycles. The van der Waals surface area contributed by atoms with Gasteiger partial charge < -0.3 is 10.3 Å². The monoisotopic (exact) mass is 371 g/mol. The zero-order valence-corrected chi connectivity index (χ0v) is 15.1. The fraction of sp³-hybridized carbons (Fsp3) is 0.0952. The number of aromatic nitrogens is 4. The topological polar surface area (TPSA) is 101 Å². The van der Waals surface area contributed by atoms with Crippen molar-refractivity contribution in [3.63, 3.8) is 0 Å². The van der Waals surface area contributed by atoms with Crippen LogP contribution < -0.4 is 10.9 Å². The quantitative estimate of drug-likeness (QED) is 0.574. The molecule has 3 aromatic heterocycles. The predicted molar refractivity (Wildman–Crippen MR) is 107 cm³/mol. The smallest absolute Gasteiger partial charge is 0.255 e. The SMILES string of the molecule is Cc1nc(-c2cccnc2)[nH]c(=O)c1CC(=O)Nc1ccc2ncccc2c1. The number of aryl methyl sites for hydroxylation is 1. The highest BCUT2D eigenvalue weighted by atomic mass is 16.2. The maximum absolute atomic E-state index is 12.5. The van der Waals surface area contributed by atoms with E-state index in [0.29, 0.717) is 28.3 Å². The number of carbonyl (C=O) groups excluding carboxylic acids is 1. The summed E-state index contributed by atoms with van der Waals surface area (Å²) in [6.07, 6.45) is 4.93. The van der Waals surface area contributed by atoms with Crippen LogP contribution in [0, 0.1) is 6.92 Å². The van der Waals surface area contributed by atoms with Gasteiger partial charge in [-0.3, -0.25) is 19.6 Å². The number of aromatic amines is 1. The Balaban J connectivity index is 1.54. The van der Waals surface area contributed by atoms with Crippen molar-refractivity contribution in [2.75, 3.05) is 5.32 Å². The second-order valence-corrected chi connectivity index (χ2v) is 6.36. The second-order valence-electron chi connectivity index (χ2n) is 6.36. The number of benzene rings is 1. The third-order valence-electron chi connectivity index (χ3n) is 4.38. The molecule has 1 amide bonds. The molecule has 0 fully saturated rings. The third-order valence-corrected chi connectivity index (χ3v) is 4.38. The first-order valence-electron chi connectivity index (χ1n) is 8.75. The van der Waals surface area contributed by atoms with Crippen molar-refractivity contribution in [3.8, 4) is 11.4 Å². The molecule has 1 aromatic carbocycles. The molecule has 7 heteroatoms. The number of hydrogen-bond donors (Lipinski definition) is 2. The number of hydrogen-bond acceptors (Lipinski definition) is 5. The molecule has 0 atom stereocenters. The lowest BCUT2D eigenvalue weighted by molar-refractivity contribution is -0.115. The number of anilines is 1. The number of carbonyl (C=O) groups is 1. The lowest BCUT2D eigenvalue weighted by Gasteiger charge is -2.09. The van der Waals surface area contributed by atoms with Crippen LogP contribution in [0.15, 0.2) is 65.8 Å². The molecule has 2 N–H and O–H groups in total. The average molecular weight is 371 g/mol. The summed E-state index contributed by atoms with van der Waals surface area (Å²) in [5.41, 5.74) is 2.74. The Bertz CT molecular complexity index is 1220. The van der Waals surface area contributed by atoms with Gasteiger partial charge in [-0.2, -0.15) is 0 Å². The minimum Gasteiger partial charge on any atom is -0.326 e. The number of nitrogens with one attached hydrogen (secondary N) is 2. The third kappa shape index (κ3) is 3.64. The first kappa shape index (κ1) is 17.5. The van der Waals surface area contributed by atoms with Crippen molar-refractivity contribution in [1.29, 1.82) is 0 Å². The second kappa shape index (κ2) is 7.40. The van der Waals surface area contributed by atoms with Crippen LogP contribution in [0.3, 0.4) is 0 Å². The van der Waals surface area contributed by atoms with E-state index in [4.69, 9.17) is 0 Å². The fourth-order valence-electron chi connectivity index (χ4n) is 2.98. The molecular weight excluding hydrogens is 354 g/mol. The first-order chi connectivity index (χ1) is 13.6. The largest absolute Gasteiger partial charge is 0.326 e. The Kier molecular flexibility index (Phi) is 4.63. The van der Waals surface area contributed by atoms with Crippen molar-refractivity contribution in [1.82, 2.24) is 19.9 Å². The molecule has 3 heterocycles. The molecule has 0 aliphatic rings. The Morgan fingerprint density at radius 2 is 2.00 bits per heavy atom. The van der Waals surface area contributed by atoms with Gasteiger partial charge in [-0.05, 0) is 43.3 Å². The Morgan fingerprint density at radius 3 is 2.79 bits per heavy atom.